The number of rotatable bonds is 6. The molecule has 0 spiro atoms. The van der Waals surface area contributed by atoms with E-state index in [9.17, 15) is 0 Å². The van der Waals surface area contributed by atoms with Crippen LogP contribution in [0.15, 0.2) is 30.3 Å². The summed E-state index contributed by atoms with van der Waals surface area (Å²) in [5.41, 5.74) is 2.38. The summed E-state index contributed by atoms with van der Waals surface area (Å²) in [5.74, 6) is 3.06. The van der Waals surface area contributed by atoms with Crippen molar-refractivity contribution < 1.29 is 0 Å². The van der Waals surface area contributed by atoms with Crippen LogP contribution in [0.5, 0.6) is 0 Å². The van der Waals surface area contributed by atoms with E-state index in [1.54, 1.807) is 0 Å². The molecule has 2 N–H and O–H groups in total. The summed E-state index contributed by atoms with van der Waals surface area (Å²) in [6.45, 7) is 6.53. The Hall–Kier alpha value is -2.10. The van der Waals surface area contributed by atoms with Gasteiger partial charge in [0.15, 0.2) is 0 Å². The Bertz CT molecular complexity index is 593. The van der Waals surface area contributed by atoms with E-state index in [-0.39, 0.29) is 0 Å². The van der Waals surface area contributed by atoms with Gasteiger partial charge in [0.05, 0.1) is 0 Å². The minimum Gasteiger partial charge on any atom is -0.373 e. The molecule has 112 valence electrons. The maximum atomic E-state index is 4.58. The standard InChI is InChI=1S/C17H24N4/c1-5-7-15-20-16(18-4)11-17(21-15)19-14-9-6-8-13(10-14)12(2)3/h6,8-12H,5,7H2,1-4H3,(H2,18,19,20,21). The van der Waals surface area contributed by atoms with E-state index in [1.165, 1.54) is 5.56 Å². The molecule has 0 bridgehead atoms. The summed E-state index contributed by atoms with van der Waals surface area (Å²) < 4.78 is 0. The first-order chi connectivity index (χ1) is 10.1. The smallest absolute Gasteiger partial charge is 0.136 e. The fourth-order valence-electron chi connectivity index (χ4n) is 2.15. The molecule has 0 atom stereocenters. The third kappa shape index (κ3) is 4.18. The molecule has 4 nitrogen and oxygen atoms in total. The third-order valence-corrected chi connectivity index (χ3v) is 3.33. The van der Waals surface area contributed by atoms with Crippen molar-refractivity contribution in [1.29, 1.82) is 0 Å². The number of hydrogen-bond donors (Lipinski definition) is 2. The summed E-state index contributed by atoms with van der Waals surface area (Å²) in [5, 5.41) is 6.47. The van der Waals surface area contributed by atoms with Crippen LogP contribution in [-0.4, -0.2) is 17.0 Å². The van der Waals surface area contributed by atoms with Gasteiger partial charge in [0, 0.05) is 25.2 Å². The topological polar surface area (TPSA) is 49.8 Å². The summed E-state index contributed by atoms with van der Waals surface area (Å²) >= 11 is 0. The lowest BCUT2D eigenvalue weighted by Crippen LogP contribution is -2.04. The second-order valence-corrected chi connectivity index (χ2v) is 5.46. The molecule has 2 aromatic rings. The largest absolute Gasteiger partial charge is 0.373 e. The molecule has 0 saturated heterocycles. The van der Waals surface area contributed by atoms with Gasteiger partial charge >= 0.3 is 0 Å². The van der Waals surface area contributed by atoms with Crippen molar-refractivity contribution in [1.82, 2.24) is 9.97 Å². The minimum absolute atomic E-state index is 0.515. The molecule has 4 heteroatoms. The van der Waals surface area contributed by atoms with Crippen LogP contribution in [0.25, 0.3) is 0 Å². The molecule has 0 unspecified atom stereocenters. The van der Waals surface area contributed by atoms with Gasteiger partial charge < -0.3 is 10.6 Å². The Kier molecular flexibility index (Phi) is 5.14. The second-order valence-electron chi connectivity index (χ2n) is 5.46. The van der Waals surface area contributed by atoms with Crippen molar-refractivity contribution in [2.45, 2.75) is 39.5 Å². The maximum Gasteiger partial charge on any atom is 0.136 e. The molecular formula is C17H24N4. The highest BCUT2D eigenvalue weighted by atomic mass is 15.1. The van der Waals surface area contributed by atoms with Gasteiger partial charge in [0.1, 0.15) is 17.5 Å². The molecule has 0 amide bonds. The number of benzene rings is 1. The molecular weight excluding hydrogens is 260 g/mol. The van der Waals surface area contributed by atoms with Crippen LogP contribution < -0.4 is 10.6 Å². The lowest BCUT2D eigenvalue weighted by Gasteiger charge is -2.12. The highest BCUT2D eigenvalue weighted by Crippen LogP contribution is 2.22. The normalized spacial score (nSPS) is 10.7. The zero-order chi connectivity index (χ0) is 15.2. The van der Waals surface area contributed by atoms with E-state index in [0.717, 1.165) is 36.0 Å². The predicted octanol–water partition coefficient (Wildman–Crippen LogP) is 4.34. The van der Waals surface area contributed by atoms with Gasteiger partial charge in [-0.25, -0.2) is 9.97 Å². The van der Waals surface area contributed by atoms with E-state index in [1.807, 2.05) is 13.1 Å². The lowest BCUT2D eigenvalue weighted by molar-refractivity contribution is 0.838. The van der Waals surface area contributed by atoms with E-state index in [0.29, 0.717) is 5.92 Å². The highest BCUT2D eigenvalue weighted by molar-refractivity contribution is 5.60. The summed E-state index contributed by atoms with van der Waals surface area (Å²) in [7, 11) is 1.88. The van der Waals surface area contributed by atoms with Gasteiger partial charge in [-0.05, 0) is 30.0 Å². The molecule has 21 heavy (non-hydrogen) atoms. The van der Waals surface area contributed by atoms with Crippen LogP contribution in [-0.2, 0) is 6.42 Å². The first-order valence-electron chi connectivity index (χ1n) is 7.55. The van der Waals surface area contributed by atoms with E-state index < -0.39 is 0 Å². The van der Waals surface area contributed by atoms with Gasteiger partial charge in [-0.2, -0.15) is 0 Å². The number of anilines is 3. The van der Waals surface area contributed by atoms with Crippen LogP contribution in [0, 0.1) is 0 Å². The Morgan fingerprint density at radius 3 is 2.52 bits per heavy atom. The molecule has 1 aromatic carbocycles. The summed E-state index contributed by atoms with van der Waals surface area (Å²) in [6, 6.07) is 10.4. The number of aryl methyl sites for hydroxylation is 1. The Balaban J connectivity index is 2.25. The first-order valence-corrected chi connectivity index (χ1v) is 7.55. The van der Waals surface area contributed by atoms with E-state index >= 15 is 0 Å². The van der Waals surface area contributed by atoms with Gasteiger partial charge in [-0.3, -0.25) is 0 Å². The zero-order valence-electron chi connectivity index (χ0n) is 13.3. The van der Waals surface area contributed by atoms with Crippen LogP contribution in [0.3, 0.4) is 0 Å². The van der Waals surface area contributed by atoms with Crippen molar-refractivity contribution in [2.24, 2.45) is 0 Å². The summed E-state index contributed by atoms with van der Waals surface area (Å²) in [6.07, 6.45) is 1.92. The van der Waals surface area contributed by atoms with Gasteiger partial charge in [0.25, 0.3) is 0 Å². The molecule has 1 aromatic heterocycles. The molecule has 0 radical (unpaired) electrons. The fraction of sp³-hybridized carbons (Fsp3) is 0.412. The molecule has 0 aliphatic carbocycles. The molecule has 0 aliphatic rings. The average Bonchev–Trinajstić information content (AvgIpc) is 2.47. The van der Waals surface area contributed by atoms with Gasteiger partial charge in [0.2, 0.25) is 0 Å². The number of hydrogen-bond acceptors (Lipinski definition) is 4. The van der Waals surface area contributed by atoms with Crippen LogP contribution in [0.2, 0.25) is 0 Å². The molecule has 1 heterocycles. The Morgan fingerprint density at radius 2 is 1.86 bits per heavy atom. The quantitative estimate of drug-likeness (QED) is 0.828. The van der Waals surface area contributed by atoms with Gasteiger partial charge in [-0.15, -0.1) is 0 Å². The fourth-order valence-corrected chi connectivity index (χ4v) is 2.15. The Labute approximate surface area is 127 Å². The van der Waals surface area contributed by atoms with Crippen molar-refractivity contribution >= 4 is 17.3 Å². The molecule has 0 saturated carbocycles. The van der Waals surface area contributed by atoms with E-state index in [4.69, 9.17) is 0 Å². The maximum absolute atomic E-state index is 4.58. The predicted molar refractivity (Wildman–Crippen MR) is 89.4 cm³/mol. The van der Waals surface area contributed by atoms with Crippen molar-refractivity contribution in [3.05, 3.63) is 41.7 Å². The zero-order valence-corrected chi connectivity index (χ0v) is 13.3. The Morgan fingerprint density at radius 1 is 1.10 bits per heavy atom. The highest BCUT2D eigenvalue weighted by Gasteiger charge is 2.05. The first kappa shape index (κ1) is 15.3. The molecule has 2 rings (SSSR count). The number of nitrogens with zero attached hydrogens (tertiary/aromatic N) is 2. The minimum atomic E-state index is 0.515. The molecule has 0 aliphatic heterocycles. The van der Waals surface area contributed by atoms with Gasteiger partial charge in [-0.1, -0.05) is 32.9 Å². The lowest BCUT2D eigenvalue weighted by atomic mass is 10.0. The second kappa shape index (κ2) is 7.07. The van der Waals surface area contributed by atoms with Crippen molar-refractivity contribution in [3.8, 4) is 0 Å². The van der Waals surface area contributed by atoms with Crippen molar-refractivity contribution in [2.75, 3.05) is 17.7 Å². The van der Waals surface area contributed by atoms with Crippen LogP contribution in [0.4, 0.5) is 17.3 Å². The summed E-state index contributed by atoms with van der Waals surface area (Å²) in [4.78, 5) is 9.05. The molecule has 0 fully saturated rings. The number of aromatic nitrogens is 2. The van der Waals surface area contributed by atoms with E-state index in [2.05, 4.69) is 65.6 Å². The third-order valence-electron chi connectivity index (χ3n) is 3.33. The number of nitrogens with one attached hydrogen (secondary N) is 2. The van der Waals surface area contributed by atoms with Crippen LogP contribution >= 0.6 is 0 Å². The SMILES string of the molecule is CCCc1nc(NC)cc(Nc2cccc(C(C)C)c2)n1. The van der Waals surface area contributed by atoms with Crippen molar-refractivity contribution in [3.63, 3.8) is 0 Å². The van der Waals surface area contributed by atoms with Crippen LogP contribution in [0.1, 0.15) is 44.5 Å². The monoisotopic (exact) mass is 284 g/mol. The average molecular weight is 284 g/mol.